The summed E-state index contributed by atoms with van der Waals surface area (Å²) in [6, 6.07) is 2.31. The predicted molar refractivity (Wildman–Crippen MR) is 79.4 cm³/mol. The standard InChI is InChI=1S/C15H26N4O2/c1-5-19(8-13(20)17-11(2)3)9-14(21)18-15(4,10-16)12-6-7-12/h11-12H,5-9H2,1-4H3,(H,17,20)(H,18,21)/p+1/t15-/m0/s1. The van der Waals surface area contributed by atoms with E-state index in [1.165, 1.54) is 0 Å². The highest BCUT2D eigenvalue weighted by molar-refractivity contribution is 5.79. The minimum atomic E-state index is -0.768. The number of rotatable bonds is 8. The van der Waals surface area contributed by atoms with Crippen LogP contribution in [-0.4, -0.2) is 43.0 Å². The van der Waals surface area contributed by atoms with Crippen molar-refractivity contribution in [1.82, 2.24) is 10.6 Å². The van der Waals surface area contributed by atoms with Crippen LogP contribution in [0.4, 0.5) is 0 Å². The van der Waals surface area contributed by atoms with Crippen LogP contribution in [0.2, 0.25) is 0 Å². The number of carbonyl (C=O) groups excluding carboxylic acids is 2. The minimum Gasteiger partial charge on any atom is -0.349 e. The highest BCUT2D eigenvalue weighted by Crippen LogP contribution is 2.38. The van der Waals surface area contributed by atoms with E-state index in [0.717, 1.165) is 17.7 Å². The SMILES string of the molecule is CC[NH+](CC(=O)NC(C)C)CC(=O)N[C@@](C)(C#N)C1CC1. The Morgan fingerprint density at radius 1 is 1.33 bits per heavy atom. The molecule has 1 unspecified atom stereocenters. The second-order valence-electron chi connectivity index (χ2n) is 6.32. The Kier molecular flexibility index (Phi) is 6.16. The first kappa shape index (κ1) is 17.4. The normalized spacial score (nSPS) is 18.5. The topological polar surface area (TPSA) is 86.4 Å². The van der Waals surface area contributed by atoms with Crippen LogP contribution in [0.5, 0.6) is 0 Å². The molecule has 0 spiro atoms. The van der Waals surface area contributed by atoms with E-state index in [2.05, 4.69) is 16.7 Å². The van der Waals surface area contributed by atoms with Gasteiger partial charge < -0.3 is 15.5 Å². The molecular formula is C15H27N4O2+. The monoisotopic (exact) mass is 295 g/mol. The van der Waals surface area contributed by atoms with Crippen LogP contribution in [-0.2, 0) is 9.59 Å². The number of amides is 2. The number of nitrogens with zero attached hydrogens (tertiary/aromatic N) is 1. The van der Waals surface area contributed by atoms with Crippen molar-refractivity contribution in [2.45, 2.75) is 52.1 Å². The van der Waals surface area contributed by atoms with Gasteiger partial charge in [0, 0.05) is 6.04 Å². The molecule has 0 aliphatic heterocycles. The summed E-state index contributed by atoms with van der Waals surface area (Å²) < 4.78 is 0. The minimum absolute atomic E-state index is 0.0557. The molecule has 0 aromatic carbocycles. The number of nitrogens with one attached hydrogen (secondary N) is 3. The summed E-state index contributed by atoms with van der Waals surface area (Å²) in [5, 5.41) is 14.9. The third-order valence-electron chi connectivity index (χ3n) is 3.80. The summed E-state index contributed by atoms with van der Waals surface area (Å²) in [6.07, 6.45) is 1.98. The Bertz CT molecular complexity index is 426. The van der Waals surface area contributed by atoms with Gasteiger partial charge in [-0.25, -0.2) is 0 Å². The van der Waals surface area contributed by atoms with Crippen molar-refractivity contribution in [1.29, 1.82) is 5.26 Å². The van der Waals surface area contributed by atoms with Gasteiger partial charge in [0.2, 0.25) is 0 Å². The molecule has 0 heterocycles. The van der Waals surface area contributed by atoms with Gasteiger partial charge in [0.15, 0.2) is 13.1 Å². The molecule has 1 aliphatic carbocycles. The summed E-state index contributed by atoms with van der Waals surface area (Å²) in [6.45, 7) is 8.70. The molecule has 0 bridgehead atoms. The van der Waals surface area contributed by atoms with Crippen molar-refractivity contribution in [3.8, 4) is 6.07 Å². The lowest BCUT2D eigenvalue weighted by Crippen LogP contribution is -3.14. The molecule has 21 heavy (non-hydrogen) atoms. The number of nitriles is 1. The van der Waals surface area contributed by atoms with Crippen molar-refractivity contribution in [2.75, 3.05) is 19.6 Å². The number of carbonyl (C=O) groups is 2. The zero-order chi connectivity index (χ0) is 16.0. The summed E-state index contributed by atoms with van der Waals surface area (Å²) in [4.78, 5) is 24.7. The van der Waals surface area contributed by atoms with Crippen LogP contribution in [0.25, 0.3) is 0 Å². The third-order valence-corrected chi connectivity index (χ3v) is 3.80. The summed E-state index contributed by atoms with van der Waals surface area (Å²) >= 11 is 0. The molecule has 3 N–H and O–H groups in total. The molecule has 0 aromatic rings. The second kappa shape index (κ2) is 7.41. The Labute approximate surface area is 126 Å². The maximum Gasteiger partial charge on any atom is 0.276 e. The van der Waals surface area contributed by atoms with Gasteiger partial charge in [0.05, 0.1) is 12.6 Å². The number of likely N-dealkylation sites (N-methyl/N-ethyl adjacent to an activating group) is 1. The quantitative estimate of drug-likeness (QED) is 0.549. The highest BCUT2D eigenvalue weighted by atomic mass is 16.2. The molecule has 1 aliphatic rings. The van der Waals surface area contributed by atoms with Gasteiger partial charge in [-0.3, -0.25) is 9.59 Å². The molecule has 2 amide bonds. The fraction of sp³-hybridized carbons (Fsp3) is 0.800. The van der Waals surface area contributed by atoms with Gasteiger partial charge in [-0.1, -0.05) is 0 Å². The Morgan fingerprint density at radius 3 is 2.33 bits per heavy atom. The lowest BCUT2D eigenvalue weighted by molar-refractivity contribution is -0.881. The van der Waals surface area contributed by atoms with Gasteiger partial charge >= 0.3 is 0 Å². The zero-order valence-electron chi connectivity index (χ0n) is 13.5. The lowest BCUT2D eigenvalue weighted by atomic mass is 9.98. The lowest BCUT2D eigenvalue weighted by Gasteiger charge is -2.24. The molecular weight excluding hydrogens is 268 g/mol. The van der Waals surface area contributed by atoms with E-state index < -0.39 is 5.54 Å². The molecule has 6 nitrogen and oxygen atoms in total. The molecule has 0 aromatic heterocycles. The van der Waals surface area contributed by atoms with Crippen LogP contribution >= 0.6 is 0 Å². The first-order valence-corrected chi connectivity index (χ1v) is 7.66. The van der Waals surface area contributed by atoms with E-state index in [-0.39, 0.29) is 36.9 Å². The third kappa shape index (κ3) is 5.72. The second-order valence-corrected chi connectivity index (χ2v) is 6.32. The largest absolute Gasteiger partial charge is 0.349 e. The Balaban J connectivity index is 2.47. The van der Waals surface area contributed by atoms with Crippen molar-refractivity contribution < 1.29 is 14.5 Å². The smallest absolute Gasteiger partial charge is 0.276 e. The van der Waals surface area contributed by atoms with Gasteiger partial charge in [-0.2, -0.15) is 5.26 Å². The van der Waals surface area contributed by atoms with Crippen LogP contribution in [0.1, 0.15) is 40.5 Å². The van der Waals surface area contributed by atoms with Gasteiger partial charge in [0.25, 0.3) is 11.8 Å². The molecule has 1 saturated carbocycles. The fourth-order valence-electron chi connectivity index (χ4n) is 2.36. The van der Waals surface area contributed by atoms with Crippen LogP contribution < -0.4 is 15.5 Å². The average Bonchev–Trinajstić information content (AvgIpc) is 3.21. The maximum atomic E-state index is 12.1. The van der Waals surface area contributed by atoms with Crippen molar-refractivity contribution in [3.05, 3.63) is 0 Å². The first-order valence-electron chi connectivity index (χ1n) is 7.66. The van der Waals surface area contributed by atoms with E-state index >= 15 is 0 Å². The van der Waals surface area contributed by atoms with Crippen molar-refractivity contribution >= 4 is 11.8 Å². The predicted octanol–water partition coefficient (Wildman–Crippen LogP) is -0.776. The number of hydrogen-bond acceptors (Lipinski definition) is 3. The molecule has 0 saturated heterocycles. The van der Waals surface area contributed by atoms with E-state index in [0.29, 0.717) is 6.54 Å². The molecule has 1 rings (SSSR count). The molecule has 2 atom stereocenters. The van der Waals surface area contributed by atoms with Crippen LogP contribution in [0.15, 0.2) is 0 Å². The first-order chi connectivity index (χ1) is 9.80. The average molecular weight is 295 g/mol. The summed E-state index contributed by atoms with van der Waals surface area (Å²) in [5.41, 5.74) is -0.768. The number of quaternary nitrogens is 1. The van der Waals surface area contributed by atoms with Gasteiger partial charge in [-0.15, -0.1) is 0 Å². The summed E-state index contributed by atoms with van der Waals surface area (Å²) in [7, 11) is 0. The summed E-state index contributed by atoms with van der Waals surface area (Å²) in [5.74, 6) is 0.0424. The van der Waals surface area contributed by atoms with Crippen molar-refractivity contribution in [3.63, 3.8) is 0 Å². The highest BCUT2D eigenvalue weighted by Gasteiger charge is 2.43. The number of hydrogen-bond donors (Lipinski definition) is 3. The van der Waals surface area contributed by atoms with E-state index in [1.54, 1.807) is 6.92 Å². The van der Waals surface area contributed by atoms with Gasteiger partial charge in [-0.05, 0) is 46.5 Å². The maximum absolute atomic E-state index is 12.1. The van der Waals surface area contributed by atoms with Crippen LogP contribution in [0.3, 0.4) is 0 Å². The fourth-order valence-corrected chi connectivity index (χ4v) is 2.36. The van der Waals surface area contributed by atoms with E-state index in [4.69, 9.17) is 0 Å². The van der Waals surface area contributed by atoms with Crippen molar-refractivity contribution in [2.24, 2.45) is 5.92 Å². The van der Waals surface area contributed by atoms with Crippen LogP contribution in [0, 0.1) is 17.2 Å². The Morgan fingerprint density at radius 2 is 1.90 bits per heavy atom. The van der Waals surface area contributed by atoms with E-state index in [9.17, 15) is 14.9 Å². The molecule has 118 valence electrons. The molecule has 6 heteroatoms. The van der Waals surface area contributed by atoms with E-state index in [1.807, 2.05) is 20.8 Å². The molecule has 0 radical (unpaired) electrons. The Hall–Kier alpha value is -1.61. The zero-order valence-corrected chi connectivity index (χ0v) is 13.5. The molecule has 1 fully saturated rings. The van der Waals surface area contributed by atoms with Gasteiger partial charge in [0.1, 0.15) is 5.54 Å².